The van der Waals surface area contributed by atoms with Crippen molar-refractivity contribution < 1.29 is 14.3 Å². The zero-order valence-corrected chi connectivity index (χ0v) is 14.8. The van der Waals surface area contributed by atoms with Gasteiger partial charge in [-0.15, -0.1) is 10.2 Å². The first-order valence-corrected chi connectivity index (χ1v) is 8.31. The van der Waals surface area contributed by atoms with Crippen molar-refractivity contribution in [1.29, 1.82) is 0 Å². The number of nitrogens with zero attached hydrogens (tertiary/aromatic N) is 4. The van der Waals surface area contributed by atoms with Crippen LogP contribution >= 0.6 is 0 Å². The van der Waals surface area contributed by atoms with Crippen LogP contribution in [0.4, 0.5) is 11.5 Å². The van der Waals surface area contributed by atoms with Crippen LogP contribution < -0.4 is 10.3 Å². The number of carbonyl (C=O) groups excluding carboxylic acids is 1. The second kappa shape index (κ2) is 8.13. The van der Waals surface area contributed by atoms with Crippen molar-refractivity contribution in [2.45, 2.75) is 13.8 Å². The van der Waals surface area contributed by atoms with Crippen LogP contribution in [0.1, 0.15) is 24.2 Å². The van der Waals surface area contributed by atoms with Crippen molar-refractivity contribution in [1.82, 2.24) is 20.0 Å². The lowest BCUT2D eigenvalue weighted by atomic mass is 10.3. The van der Waals surface area contributed by atoms with Crippen molar-refractivity contribution in [3.63, 3.8) is 0 Å². The lowest BCUT2D eigenvalue weighted by Gasteiger charge is -2.01. The highest BCUT2D eigenvalue weighted by atomic mass is 16.5. The maximum Gasteiger partial charge on any atom is 0.343 e. The van der Waals surface area contributed by atoms with E-state index in [-0.39, 0.29) is 29.6 Å². The van der Waals surface area contributed by atoms with Crippen LogP contribution in [0.25, 0.3) is 5.69 Å². The van der Waals surface area contributed by atoms with Gasteiger partial charge in [-0.05, 0) is 26.0 Å². The summed E-state index contributed by atoms with van der Waals surface area (Å²) in [6.45, 7) is 4.02. The maximum atomic E-state index is 12.7. The quantitative estimate of drug-likeness (QED) is 0.488. The second-order valence-corrected chi connectivity index (χ2v) is 5.25. The molecule has 140 valence electrons. The molecule has 0 radical (unpaired) electrons. The van der Waals surface area contributed by atoms with E-state index >= 15 is 0 Å². The second-order valence-electron chi connectivity index (χ2n) is 5.25. The van der Waals surface area contributed by atoms with E-state index in [9.17, 15) is 9.59 Å². The normalized spacial score (nSPS) is 11.0. The predicted molar refractivity (Wildman–Crippen MR) is 96.3 cm³/mol. The summed E-state index contributed by atoms with van der Waals surface area (Å²) in [6, 6.07) is 8.99. The Labute approximate surface area is 153 Å². The number of aromatic nitrogens is 4. The number of carbonyl (C=O) groups is 1. The summed E-state index contributed by atoms with van der Waals surface area (Å²) in [4.78, 5) is 24.6. The fourth-order valence-corrected chi connectivity index (χ4v) is 2.31. The van der Waals surface area contributed by atoms with Gasteiger partial charge in [-0.2, -0.15) is 5.10 Å². The molecule has 0 unspecified atom stereocenters. The maximum absolute atomic E-state index is 12.7. The van der Waals surface area contributed by atoms with Crippen molar-refractivity contribution in [3.05, 3.63) is 52.4 Å². The van der Waals surface area contributed by atoms with Crippen molar-refractivity contribution in [2.75, 3.05) is 13.2 Å². The molecule has 0 bridgehead atoms. The molecule has 0 saturated carbocycles. The highest BCUT2D eigenvalue weighted by molar-refractivity contribution is 5.93. The predicted octanol–water partition coefficient (Wildman–Crippen LogP) is 2.88. The Balaban J connectivity index is 1.99. The van der Waals surface area contributed by atoms with Crippen LogP contribution in [0.5, 0.6) is 5.88 Å². The number of para-hydroxylation sites is 1. The standard InChI is InChI=1S/C17H18N6O4/c1-3-26-15-13(16(24)23(22-15)11-8-6-5-7-9-11)19-21-14-12(10-18-20-14)17(25)27-4-2/h5-10,22H,3-4H2,1-2H3,(H,18,20). The first kappa shape index (κ1) is 18.1. The molecule has 0 aliphatic heterocycles. The summed E-state index contributed by atoms with van der Waals surface area (Å²) < 4.78 is 11.7. The summed E-state index contributed by atoms with van der Waals surface area (Å²) in [5.74, 6) is -0.323. The molecule has 0 spiro atoms. The Morgan fingerprint density at radius 2 is 1.96 bits per heavy atom. The highest BCUT2D eigenvalue weighted by Gasteiger charge is 2.18. The number of aromatic amines is 2. The monoisotopic (exact) mass is 370 g/mol. The Morgan fingerprint density at radius 3 is 2.67 bits per heavy atom. The highest BCUT2D eigenvalue weighted by Crippen LogP contribution is 2.25. The molecule has 0 fully saturated rings. The fraction of sp³-hybridized carbons (Fsp3) is 0.235. The van der Waals surface area contributed by atoms with Gasteiger partial charge in [0.25, 0.3) is 0 Å². The zero-order chi connectivity index (χ0) is 19.2. The molecule has 0 aliphatic rings. The van der Waals surface area contributed by atoms with Crippen molar-refractivity contribution >= 4 is 17.5 Å². The number of hydrogen-bond donors (Lipinski definition) is 2. The number of hydrogen-bond acceptors (Lipinski definition) is 7. The van der Waals surface area contributed by atoms with Crippen LogP contribution in [-0.4, -0.2) is 39.2 Å². The number of nitrogens with one attached hydrogen (secondary N) is 2. The third-order valence-electron chi connectivity index (χ3n) is 3.50. The minimum absolute atomic E-state index is 0.0230. The van der Waals surface area contributed by atoms with Crippen LogP contribution in [-0.2, 0) is 4.74 Å². The van der Waals surface area contributed by atoms with Crippen LogP contribution in [0.15, 0.2) is 51.6 Å². The Hall–Kier alpha value is -3.69. The SMILES string of the molecule is CCOC(=O)c1cn[nH]c1N=Nc1c(OCC)[nH]n(-c2ccccc2)c1=O. The van der Waals surface area contributed by atoms with E-state index in [4.69, 9.17) is 9.47 Å². The minimum Gasteiger partial charge on any atom is -0.477 e. The van der Waals surface area contributed by atoms with Gasteiger partial charge in [0.05, 0.1) is 25.1 Å². The largest absolute Gasteiger partial charge is 0.477 e. The minimum atomic E-state index is -0.582. The van der Waals surface area contributed by atoms with Gasteiger partial charge in [-0.3, -0.25) is 15.0 Å². The fourth-order valence-electron chi connectivity index (χ4n) is 2.31. The van der Waals surface area contributed by atoms with E-state index in [0.717, 1.165) is 0 Å². The molecule has 0 aliphatic carbocycles. The lowest BCUT2D eigenvalue weighted by Crippen LogP contribution is -2.13. The van der Waals surface area contributed by atoms with Crippen molar-refractivity contribution in [3.8, 4) is 11.6 Å². The molecule has 1 aromatic carbocycles. The Morgan fingerprint density at radius 1 is 1.19 bits per heavy atom. The molecule has 3 aromatic rings. The molecule has 10 heteroatoms. The molecule has 10 nitrogen and oxygen atoms in total. The van der Waals surface area contributed by atoms with E-state index < -0.39 is 11.5 Å². The molecule has 27 heavy (non-hydrogen) atoms. The molecule has 2 heterocycles. The van der Waals surface area contributed by atoms with Gasteiger partial charge in [0.1, 0.15) is 5.56 Å². The number of H-pyrrole nitrogens is 2. The topological polar surface area (TPSA) is 127 Å². The summed E-state index contributed by atoms with van der Waals surface area (Å²) in [6.07, 6.45) is 1.29. The average Bonchev–Trinajstić information content (AvgIpc) is 3.26. The summed E-state index contributed by atoms with van der Waals surface area (Å²) in [5.41, 5.74) is 0.284. The average molecular weight is 370 g/mol. The van der Waals surface area contributed by atoms with E-state index in [0.29, 0.717) is 12.3 Å². The van der Waals surface area contributed by atoms with Crippen LogP contribution in [0, 0.1) is 0 Å². The van der Waals surface area contributed by atoms with E-state index in [2.05, 4.69) is 25.5 Å². The summed E-state index contributed by atoms with van der Waals surface area (Å²) in [5, 5.41) is 17.1. The van der Waals surface area contributed by atoms with Gasteiger partial charge in [0.2, 0.25) is 11.6 Å². The van der Waals surface area contributed by atoms with Gasteiger partial charge in [0.15, 0.2) is 5.82 Å². The van der Waals surface area contributed by atoms with E-state index in [1.165, 1.54) is 10.9 Å². The smallest absolute Gasteiger partial charge is 0.343 e. The first-order chi connectivity index (χ1) is 13.2. The zero-order valence-electron chi connectivity index (χ0n) is 14.8. The molecular weight excluding hydrogens is 352 g/mol. The molecule has 3 rings (SSSR count). The Kier molecular flexibility index (Phi) is 5.45. The van der Waals surface area contributed by atoms with Gasteiger partial charge >= 0.3 is 11.5 Å². The molecule has 0 amide bonds. The van der Waals surface area contributed by atoms with Gasteiger partial charge in [0, 0.05) is 0 Å². The summed E-state index contributed by atoms with van der Waals surface area (Å²) in [7, 11) is 0. The number of esters is 1. The number of azo groups is 1. The van der Waals surface area contributed by atoms with Crippen LogP contribution in [0.3, 0.4) is 0 Å². The molecule has 0 saturated heterocycles. The first-order valence-electron chi connectivity index (χ1n) is 8.31. The lowest BCUT2D eigenvalue weighted by molar-refractivity contribution is 0.0527. The number of rotatable bonds is 7. The van der Waals surface area contributed by atoms with Gasteiger partial charge in [-0.25, -0.2) is 9.48 Å². The van der Waals surface area contributed by atoms with Crippen molar-refractivity contribution in [2.24, 2.45) is 10.2 Å². The third kappa shape index (κ3) is 3.78. The van der Waals surface area contributed by atoms with E-state index in [1.54, 1.807) is 38.1 Å². The van der Waals surface area contributed by atoms with Gasteiger partial charge in [-0.1, -0.05) is 18.2 Å². The van der Waals surface area contributed by atoms with Gasteiger partial charge < -0.3 is 9.47 Å². The molecule has 2 N–H and O–H groups in total. The summed E-state index contributed by atoms with van der Waals surface area (Å²) >= 11 is 0. The number of ether oxygens (including phenoxy) is 2. The van der Waals surface area contributed by atoms with Crippen LogP contribution in [0.2, 0.25) is 0 Å². The Bertz CT molecular complexity index is 1000. The molecule has 2 aromatic heterocycles. The third-order valence-corrected chi connectivity index (χ3v) is 3.50. The van der Waals surface area contributed by atoms with E-state index in [1.807, 2.05) is 6.07 Å². The number of benzene rings is 1. The molecular formula is C17H18N6O4. The molecule has 0 atom stereocenters.